The van der Waals surface area contributed by atoms with Crippen molar-refractivity contribution in [2.24, 2.45) is 0 Å². The van der Waals surface area contributed by atoms with E-state index in [-0.39, 0.29) is 23.8 Å². The van der Waals surface area contributed by atoms with Gasteiger partial charge in [0.1, 0.15) is 6.61 Å². The van der Waals surface area contributed by atoms with Crippen molar-refractivity contribution >= 4 is 5.91 Å². The van der Waals surface area contributed by atoms with Crippen molar-refractivity contribution in [3.05, 3.63) is 48.4 Å². The van der Waals surface area contributed by atoms with E-state index in [1.807, 2.05) is 31.2 Å². The van der Waals surface area contributed by atoms with E-state index in [1.54, 1.807) is 12.1 Å². The van der Waals surface area contributed by atoms with Gasteiger partial charge in [0.25, 0.3) is 5.91 Å². The van der Waals surface area contributed by atoms with Crippen molar-refractivity contribution in [3.8, 4) is 11.5 Å². The van der Waals surface area contributed by atoms with Crippen molar-refractivity contribution in [1.82, 2.24) is 5.32 Å². The molecule has 104 valence electrons. The van der Waals surface area contributed by atoms with Crippen LogP contribution >= 0.6 is 0 Å². The van der Waals surface area contributed by atoms with Crippen LogP contribution in [0.3, 0.4) is 0 Å². The lowest BCUT2D eigenvalue weighted by Gasteiger charge is -2.30. The molecule has 2 atom stereocenters. The van der Waals surface area contributed by atoms with E-state index >= 15 is 0 Å². The predicted molar refractivity (Wildman–Crippen MR) is 72.0 cm³/mol. The van der Waals surface area contributed by atoms with Gasteiger partial charge in [0.15, 0.2) is 23.4 Å². The Bertz CT molecular complexity index is 594. The van der Waals surface area contributed by atoms with Gasteiger partial charge in [-0.25, -0.2) is 0 Å². The molecule has 1 N–H and O–H groups in total. The third-order valence-corrected chi connectivity index (χ3v) is 3.19. The molecule has 1 aromatic heterocycles. The quantitative estimate of drug-likeness (QED) is 0.931. The van der Waals surface area contributed by atoms with E-state index in [1.165, 1.54) is 6.26 Å². The molecular formula is C15H15NO4. The molecular weight excluding hydrogens is 258 g/mol. The first-order valence-electron chi connectivity index (χ1n) is 6.47. The van der Waals surface area contributed by atoms with Crippen LogP contribution in [0, 0.1) is 0 Å². The van der Waals surface area contributed by atoms with Crippen LogP contribution in [0.2, 0.25) is 0 Å². The fraction of sp³-hybridized carbons (Fsp3) is 0.267. The molecule has 1 amide bonds. The topological polar surface area (TPSA) is 60.7 Å². The highest BCUT2D eigenvalue weighted by molar-refractivity contribution is 5.91. The van der Waals surface area contributed by atoms with Gasteiger partial charge >= 0.3 is 0 Å². The SMILES string of the molecule is C[C@H](NC(=O)c1ccco1)[C@H]1COc2ccccc2O1. The van der Waals surface area contributed by atoms with Gasteiger partial charge in [-0.15, -0.1) is 0 Å². The number of carbonyl (C=O) groups excluding carboxylic acids is 1. The predicted octanol–water partition coefficient (Wildman–Crippen LogP) is 2.24. The number of amides is 1. The van der Waals surface area contributed by atoms with Crippen LogP contribution in [0.15, 0.2) is 47.1 Å². The number of hydrogen-bond acceptors (Lipinski definition) is 4. The zero-order chi connectivity index (χ0) is 13.9. The van der Waals surface area contributed by atoms with Crippen LogP contribution in [0.25, 0.3) is 0 Å². The minimum Gasteiger partial charge on any atom is -0.486 e. The fourth-order valence-electron chi connectivity index (χ4n) is 2.06. The van der Waals surface area contributed by atoms with Crippen molar-refractivity contribution < 1.29 is 18.7 Å². The van der Waals surface area contributed by atoms with Gasteiger partial charge in [0, 0.05) is 0 Å². The summed E-state index contributed by atoms with van der Waals surface area (Å²) in [5.41, 5.74) is 0. The molecule has 0 spiro atoms. The Hall–Kier alpha value is -2.43. The molecule has 0 saturated carbocycles. The van der Waals surface area contributed by atoms with Crippen LogP contribution < -0.4 is 14.8 Å². The Morgan fingerprint density at radius 2 is 2.05 bits per heavy atom. The first-order chi connectivity index (χ1) is 9.74. The Morgan fingerprint density at radius 1 is 1.25 bits per heavy atom. The molecule has 5 heteroatoms. The molecule has 0 aliphatic carbocycles. The Balaban J connectivity index is 1.64. The summed E-state index contributed by atoms with van der Waals surface area (Å²) in [5, 5.41) is 2.85. The molecule has 0 fully saturated rings. The van der Waals surface area contributed by atoms with Gasteiger partial charge in [0.05, 0.1) is 12.3 Å². The van der Waals surface area contributed by atoms with Crippen molar-refractivity contribution in [3.63, 3.8) is 0 Å². The molecule has 5 nitrogen and oxygen atoms in total. The molecule has 0 saturated heterocycles. The number of rotatable bonds is 3. The minimum absolute atomic E-state index is 0.194. The lowest BCUT2D eigenvalue weighted by Crippen LogP contribution is -2.48. The zero-order valence-electron chi connectivity index (χ0n) is 11.0. The summed E-state index contributed by atoms with van der Waals surface area (Å²) >= 11 is 0. The lowest BCUT2D eigenvalue weighted by atomic mass is 10.1. The van der Waals surface area contributed by atoms with Crippen molar-refractivity contribution in [2.75, 3.05) is 6.61 Å². The molecule has 1 aliphatic heterocycles. The molecule has 0 unspecified atom stereocenters. The van der Waals surface area contributed by atoms with Crippen LogP contribution in [0.4, 0.5) is 0 Å². The summed E-state index contributed by atoms with van der Waals surface area (Å²) in [7, 11) is 0. The molecule has 1 aliphatic rings. The fourth-order valence-corrected chi connectivity index (χ4v) is 2.06. The second-order valence-electron chi connectivity index (χ2n) is 4.65. The Kier molecular flexibility index (Phi) is 3.33. The number of furan rings is 1. The van der Waals surface area contributed by atoms with E-state index in [0.29, 0.717) is 12.4 Å². The second kappa shape index (κ2) is 5.28. The molecule has 0 radical (unpaired) electrons. The Morgan fingerprint density at radius 3 is 2.80 bits per heavy atom. The Labute approximate surface area is 116 Å². The number of carbonyl (C=O) groups is 1. The van der Waals surface area contributed by atoms with E-state index in [4.69, 9.17) is 13.9 Å². The van der Waals surface area contributed by atoms with E-state index < -0.39 is 0 Å². The highest BCUT2D eigenvalue weighted by Crippen LogP contribution is 2.31. The summed E-state index contributed by atoms with van der Waals surface area (Å²) in [5.74, 6) is 1.45. The van der Waals surface area contributed by atoms with Gasteiger partial charge in [-0.05, 0) is 31.2 Å². The van der Waals surface area contributed by atoms with Crippen LogP contribution in [0.1, 0.15) is 17.5 Å². The average molecular weight is 273 g/mol. The highest BCUT2D eigenvalue weighted by Gasteiger charge is 2.27. The number of ether oxygens (including phenoxy) is 2. The third kappa shape index (κ3) is 2.47. The van der Waals surface area contributed by atoms with Gasteiger partial charge in [0.2, 0.25) is 0 Å². The molecule has 3 rings (SSSR count). The second-order valence-corrected chi connectivity index (χ2v) is 4.65. The molecule has 0 bridgehead atoms. The summed E-state index contributed by atoms with van der Waals surface area (Å²) in [6, 6.07) is 10.6. The minimum atomic E-state index is -0.259. The maximum Gasteiger partial charge on any atom is 0.287 e. The molecule has 2 heterocycles. The van der Waals surface area contributed by atoms with E-state index in [9.17, 15) is 4.79 Å². The van der Waals surface area contributed by atoms with Gasteiger partial charge in [-0.2, -0.15) is 0 Å². The molecule has 1 aromatic carbocycles. The number of benzene rings is 1. The van der Waals surface area contributed by atoms with Crippen molar-refractivity contribution in [2.45, 2.75) is 19.1 Å². The molecule has 20 heavy (non-hydrogen) atoms. The van der Waals surface area contributed by atoms with Crippen LogP contribution in [-0.4, -0.2) is 24.7 Å². The number of hydrogen-bond donors (Lipinski definition) is 1. The molecule has 2 aromatic rings. The summed E-state index contributed by atoms with van der Waals surface area (Å²) in [6.07, 6.45) is 1.24. The first-order valence-corrected chi connectivity index (χ1v) is 6.47. The maximum absolute atomic E-state index is 11.9. The van der Waals surface area contributed by atoms with E-state index in [0.717, 1.165) is 5.75 Å². The third-order valence-electron chi connectivity index (χ3n) is 3.19. The normalized spacial score (nSPS) is 18.4. The summed E-state index contributed by atoms with van der Waals surface area (Å²) < 4.78 is 16.5. The van der Waals surface area contributed by atoms with Gasteiger partial charge < -0.3 is 19.2 Å². The van der Waals surface area contributed by atoms with Crippen LogP contribution in [-0.2, 0) is 0 Å². The highest BCUT2D eigenvalue weighted by atomic mass is 16.6. The maximum atomic E-state index is 11.9. The number of para-hydroxylation sites is 2. The van der Waals surface area contributed by atoms with Crippen LogP contribution in [0.5, 0.6) is 11.5 Å². The summed E-state index contributed by atoms with van der Waals surface area (Å²) in [4.78, 5) is 11.9. The van der Waals surface area contributed by atoms with Crippen molar-refractivity contribution in [1.29, 1.82) is 0 Å². The van der Waals surface area contributed by atoms with Gasteiger partial charge in [-0.1, -0.05) is 12.1 Å². The average Bonchev–Trinajstić information content (AvgIpc) is 3.01. The monoisotopic (exact) mass is 273 g/mol. The smallest absolute Gasteiger partial charge is 0.287 e. The first kappa shape index (κ1) is 12.6. The summed E-state index contributed by atoms with van der Waals surface area (Å²) in [6.45, 7) is 2.28. The van der Waals surface area contributed by atoms with E-state index in [2.05, 4.69) is 5.32 Å². The number of nitrogens with one attached hydrogen (secondary N) is 1. The largest absolute Gasteiger partial charge is 0.486 e. The lowest BCUT2D eigenvalue weighted by molar-refractivity contribution is 0.0596. The standard InChI is InChI=1S/C15H15NO4/c1-10(16-15(17)13-7-4-8-18-13)14-9-19-11-5-2-3-6-12(11)20-14/h2-8,10,14H,9H2,1H3,(H,16,17)/t10-,14+/m0/s1. The van der Waals surface area contributed by atoms with Gasteiger partial charge in [-0.3, -0.25) is 4.79 Å². The number of fused-ring (bicyclic) bond motifs is 1. The zero-order valence-corrected chi connectivity index (χ0v) is 11.0.